The van der Waals surface area contributed by atoms with Crippen LogP contribution in [0.4, 0.5) is 0 Å². The molecule has 0 saturated heterocycles. The normalized spacial score (nSPS) is 11.6. The van der Waals surface area contributed by atoms with Crippen molar-refractivity contribution < 1.29 is 4.79 Å². The standard InChI is InChI=1S/C16H21N3O/c1-3-16(4-2,11-17)19-15(20)14-10-9-12-7-5-6-8-13(12)18-14/h5-10H,3-4,11,17H2,1-2H3,(H,19,20). The molecule has 1 heterocycles. The summed E-state index contributed by atoms with van der Waals surface area (Å²) in [6.07, 6.45) is 1.61. The van der Waals surface area contributed by atoms with Crippen molar-refractivity contribution >= 4 is 16.8 Å². The molecule has 0 spiro atoms. The van der Waals surface area contributed by atoms with Crippen molar-refractivity contribution in [1.29, 1.82) is 0 Å². The number of fused-ring (bicyclic) bond motifs is 1. The van der Waals surface area contributed by atoms with Crippen LogP contribution in [0.3, 0.4) is 0 Å². The maximum atomic E-state index is 12.4. The second kappa shape index (κ2) is 6.01. The molecule has 1 amide bonds. The number of nitrogens with zero attached hydrogens (tertiary/aromatic N) is 1. The maximum Gasteiger partial charge on any atom is 0.270 e. The highest BCUT2D eigenvalue weighted by Crippen LogP contribution is 2.16. The number of nitrogens with one attached hydrogen (secondary N) is 1. The number of pyridine rings is 1. The Kier molecular flexibility index (Phi) is 4.35. The molecule has 0 radical (unpaired) electrons. The van der Waals surface area contributed by atoms with Crippen molar-refractivity contribution in [3.05, 3.63) is 42.1 Å². The Labute approximate surface area is 119 Å². The summed E-state index contributed by atoms with van der Waals surface area (Å²) in [5.74, 6) is -0.162. The number of carbonyl (C=O) groups is 1. The Hall–Kier alpha value is -1.94. The number of para-hydroxylation sites is 1. The predicted octanol–water partition coefficient (Wildman–Crippen LogP) is 2.48. The molecule has 0 unspecified atom stereocenters. The number of nitrogens with two attached hydrogens (primary N) is 1. The van der Waals surface area contributed by atoms with Gasteiger partial charge in [0.1, 0.15) is 5.69 Å². The number of benzene rings is 1. The largest absolute Gasteiger partial charge is 0.344 e. The van der Waals surface area contributed by atoms with Gasteiger partial charge in [-0.1, -0.05) is 38.1 Å². The number of hydrogen-bond acceptors (Lipinski definition) is 3. The number of rotatable bonds is 5. The Morgan fingerprint density at radius 3 is 2.55 bits per heavy atom. The molecule has 0 atom stereocenters. The summed E-state index contributed by atoms with van der Waals surface area (Å²) in [5, 5.41) is 4.06. The minimum atomic E-state index is -0.343. The molecule has 20 heavy (non-hydrogen) atoms. The summed E-state index contributed by atoms with van der Waals surface area (Å²) in [7, 11) is 0. The van der Waals surface area contributed by atoms with Gasteiger partial charge in [-0.05, 0) is 25.0 Å². The summed E-state index contributed by atoms with van der Waals surface area (Å²) in [6, 6.07) is 11.4. The lowest BCUT2D eigenvalue weighted by atomic mass is 9.93. The topological polar surface area (TPSA) is 68.0 Å². The molecule has 0 aliphatic carbocycles. The molecule has 0 saturated carbocycles. The van der Waals surface area contributed by atoms with E-state index in [2.05, 4.69) is 10.3 Å². The monoisotopic (exact) mass is 271 g/mol. The molecule has 2 rings (SSSR count). The smallest absolute Gasteiger partial charge is 0.270 e. The van der Waals surface area contributed by atoms with Crippen LogP contribution in [0.25, 0.3) is 10.9 Å². The lowest BCUT2D eigenvalue weighted by Gasteiger charge is -2.31. The summed E-state index contributed by atoms with van der Waals surface area (Å²) < 4.78 is 0. The van der Waals surface area contributed by atoms with Crippen LogP contribution in [-0.4, -0.2) is 23.0 Å². The minimum Gasteiger partial charge on any atom is -0.344 e. The molecule has 0 aliphatic rings. The summed E-state index contributed by atoms with van der Waals surface area (Å²) >= 11 is 0. The Morgan fingerprint density at radius 1 is 1.20 bits per heavy atom. The third-order valence-corrected chi connectivity index (χ3v) is 3.95. The van der Waals surface area contributed by atoms with E-state index in [-0.39, 0.29) is 11.4 Å². The molecule has 0 aliphatic heterocycles. The first-order chi connectivity index (χ1) is 9.64. The van der Waals surface area contributed by atoms with Gasteiger partial charge < -0.3 is 11.1 Å². The summed E-state index contributed by atoms with van der Waals surface area (Å²) in [5.41, 5.74) is 6.73. The maximum absolute atomic E-state index is 12.4. The highest BCUT2D eigenvalue weighted by atomic mass is 16.2. The van der Waals surface area contributed by atoms with Gasteiger partial charge >= 0.3 is 0 Å². The van der Waals surface area contributed by atoms with Gasteiger partial charge in [-0.2, -0.15) is 0 Å². The van der Waals surface area contributed by atoms with Crippen LogP contribution < -0.4 is 11.1 Å². The average molecular weight is 271 g/mol. The molecule has 2 aromatic rings. The van der Waals surface area contributed by atoms with E-state index in [4.69, 9.17) is 5.73 Å². The molecule has 1 aromatic carbocycles. The van der Waals surface area contributed by atoms with Crippen molar-refractivity contribution in [3.63, 3.8) is 0 Å². The zero-order valence-corrected chi connectivity index (χ0v) is 12.0. The highest BCUT2D eigenvalue weighted by molar-refractivity contribution is 5.95. The number of amides is 1. The quantitative estimate of drug-likeness (QED) is 0.878. The van der Waals surface area contributed by atoms with E-state index >= 15 is 0 Å². The Morgan fingerprint density at radius 2 is 1.90 bits per heavy atom. The van der Waals surface area contributed by atoms with Gasteiger partial charge in [-0.25, -0.2) is 4.98 Å². The van der Waals surface area contributed by atoms with E-state index in [1.807, 2.05) is 44.2 Å². The molecule has 106 valence electrons. The fourth-order valence-corrected chi connectivity index (χ4v) is 2.26. The van der Waals surface area contributed by atoms with Crippen LogP contribution in [0.1, 0.15) is 37.2 Å². The second-order valence-corrected chi connectivity index (χ2v) is 5.03. The molecule has 4 heteroatoms. The molecule has 4 nitrogen and oxygen atoms in total. The first kappa shape index (κ1) is 14.5. The van der Waals surface area contributed by atoms with E-state index in [1.54, 1.807) is 6.07 Å². The fraction of sp³-hybridized carbons (Fsp3) is 0.375. The molecular weight excluding hydrogens is 250 g/mol. The van der Waals surface area contributed by atoms with Crippen LogP contribution in [-0.2, 0) is 0 Å². The first-order valence-electron chi connectivity index (χ1n) is 7.02. The predicted molar refractivity (Wildman–Crippen MR) is 81.6 cm³/mol. The lowest BCUT2D eigenvalue weighted by Crippen LogP contribution is -2.53. The second-order valence-electron chi connectivity index (χ2n) is 5.03. The van der Waals surface area contributed by atoms with Gasteiger partial charge in [0.15, 0.2) is 0 Å². The van der Waals surface area contributed by atoms with Gasteiger partial charge in [0.05, 0.1) is 11.1 Å². The van der Waals surface area contributed by atoms with Crippen LogP contribution in [0.15, 0.2) is 36.4 Å². The first-order valence-corrected chi connectivity index (χ1v) is 7.02. The van der Waals surface area contributed by atoms with Crippen molar-refractivity contribution in [1.82, 2.24) is 10.3 Å². The van der Waals surface area contributed by atoms with Crippen molar-refractivity contribution in [2.45, 2.75) is 32.2 Å². The number of carbonyl (C=O) groups excluding carboxylic acids is 1. The third kappa shape index (κ3) is 2.80. The fourth-order valence-electron chi connectivity index (χ4n) is 2.26. The summed E-state index contributed by atoms with van der Waals surface area (Å²) in [4.78, 5) is 16.8. The van der Waals surface area contributed by atoms with Crippen molar-refractivity contribution in [2.24, 2.45) is 5.73 Å². The van der Waals surface area contributed by atoms with Crippen molar-refractivity contribution in [2.75, 3.05) is 6.54 Å². The Bertz CT molecular complexity index is 597. The van der Waals surface area contributed by atoms with Gasteiger partial charge in [-0.15, -0.1) is 0 Å². The van der Waals surface area contributed by atoms with Crippen LogP contribution in [0.2, 0.25) is 0 Å². The zero-order chi connectivity index (χ0) is 14.6. The lowest BCUT2D eigenvalue weighted by molar-refractivity contribution is 0.0890. The van der Waals surface area contributed by atoms with Crippen LogP contribution in [0, 0.1) is 0 Å². The molecule has 0 fully saturated rings. The molecule has 0 bridgehead atoms. The van der Waals surface area contributed by atoms with Gasteiger partial charge in [0.25, 0.3) is 5.91 Å². The number of hydrogen-bond donors (Lipinski definition) is 2. The van der Waals surface area contributed by atoms with E-state index in [0.29, 0.717) is 12.2 Å². The third-order valence-electron chi connectivity index (χ3n) is 3.95. The average Bonchev–Trinajstić information content (AvgIpc) is 2.52. The Balaban J connectivity index is 2.27. The van der Waals surface area contributed by atoms with E-state index < -0.39 is 0 Å². The summed E-state index contributed by atoms with van der Waals surface area (Å²) in [6.45, 7) is 4.49. The number of aromatic nitrogens is 1. The van der Waals surface area contributed by atoms with E-state index in [9.17, 15) is 4.79 Å². The van der Waals surface area contributed by atoms with Crippen LogP contribution in [0.5, 0.6) is 0 Å². The van der Waals surface area contributed by atoms with Gasteiger partial charge in [0.2, 0.25) is 0 Å². The minimum absolute atomic E-state index is 0.162. The van der Waals surface area contributed by atoms with Gasteiger partial charge in [-0.3, -0.25) is 4.79 Å². The molecule has 1 aromatic heterocycles. The van der Waals surface area contributed by atoms with Crippen LogP contribution >= 0.6 is 0 Å². The highest BCUT2D eigenvalue weighted by Gasteiger charge is 2.27. The molecule has 3 N–H and O–H groups in total. The van der Waals surface area contributed by atoms with Crippen molar-refractivity contribution in [3.8, 4) is 0 Å². The SMILES string of the molecule is CCC(CC)(CN)NC(=O)c1ccc2ccccc2n1. The molecular formula is C16H21N3O. The van der Waals surface area contributed by atoms with E-state index in [0.717, 1.165) is 23.7 Å². The zero-order valence-electron chi connectivity index (χ0n) is 12.0. The van der Waals surface area contributed by atoms with Gasteiger partial charge in [0, 0.05) is 11.9 Å². The van der Waals surface area contributed by atoms with E-state index in [1.165, 1.54) is 0 Å².